The average Bonchev–Trinajstić information content (AvgIpc) is 3.51. The van der Waals surface area contributed by atoms with Gasteiger partial charge in [-0.15, -0.1) is 0 Å². The van der Waals surface area contributed by atoms with Crippen molar-refractivity contribution in [2.45, 2.75) is 70.4 Å². The first-order chi connectivity index (χ1) is 19.8. The summed E-state index contributed by atoms with van der Waals surface area (Å²) < 4.78 is 24.6. The summed E-state index contributed by atoms with van der Waals surface area (Å²) in [5.74, 6) is 2.01. The van der Waals surface area contributed by atoms with E-state index in [0.29, 0.717) is 42.7 Å². The molecule has 2 fully saturated rings. The van der Waals surface area contributed by atoms with Crippen molar-refractivity contribution >= 4 is 55.4 Å². The topological polar surface area (TPSA) is 131 Å². The maximum absolute atomic E-state index is 13.0. The number of nitrogens with zero attached hydrogens (tertiary/aromatic N) is 3. The lowest BCUT2D eigenvalue weighted by Crippen LogP contribution is -2.56. The molecule has 12 nitrogen and oxygen atoms in total. The minimum absolute atomic E-state index is 0.169. The number of benzene rings is 1. The van der Waals surface area contributed by atoms with Gasteiger partial charge in [0.1, 0.15) is 29.5 Å². The molecule has 4 unspecified atom stereocenters. The van der Waals surface area contributed by atoms with Crippen molar-refractivity contribution in [3.8, 4) is 5.75 Å². The summed E-state index contributed by atoms with van der Waals surface area (Å²) in [6.07, 6.45) is 5.95. The lowest BCUT2D eigenvalue weighted by molar-refractivity contribution is -0.158. The second-order valence-corrected chi connectivity index (χ2v) is 12.8. The molecule has 0 amide bonds. The maximum atomic E-state index is 13.0. The molecular weight excluding hydrogens is 589 g/mol. The molecule has 15 heteroatoms. The molecule has 0 radical (unpaired) electrons. The number of fused-ring (bicyclic) bond motifs is 1. The fraction of sp³-hybridized carbons (Fsp3) is 0.577. The molecule has 1 aromatic heterocycles. The Morgan fingerprint density at radius 3 is 2.78 bits per heavy atom. The first kappa shape index (κ1) is 30.3. The number of aromatic nitrogens is 2. The van der Waals surface area contributed by atoms with E-state index >= 15 is 0 Å². The van der Waals surface area contributed by atoms with Gasteiger partial charge in [-0.25, -0.2) is 15.1 Å². The van der Waals surface area contributed by atoms with Crippen molar-refractivity contribution in [3.05, 3.63) is 35.6 Å². The Balaban J connectivity index is 1.25. The van der Waals surface area contributed by atoms with E-state index in [1.165, 1.54) is 18.3 Å². The van der Waals surface area contributed by atoms with E-state index < -0.39 is 14.1 Å². The van der Waals surface area contributed by atoms with Gasteiger partial charge in [0.05, 0.1) is 25.5 Å². The number of ether oxygens (including phenoxy) is 2. The largest absolute Gasteiger partial charge is 0.462 e. The van der Waals surface area contributed by atoms with Crippen LogP contribution in [0.1, 0.15) is 46.5 Å². The van der Waals surface area contributed by atoms with E-state index in [4.69, 9.17) is 30.1 Å². The van der Waals surface area contributed by atoms with Crippen LogP contribution >= 0.6 is 32.1 Å². The number of anilines is 3. The number of hydrazine groups is 1. The highest BCUT2D eigenvalue weighted by atomic mass is 35.5. The Bertz CT molecular complexity index is 1200. The first-order valence-corrected chi connectivity index (χ1v) is 16.5. The fourth-order valence-corrected chi connectivity index (χ4v) is 6.79. The zero-order valence-electron chi connectivity index (χ0n) is 23.6. The number of carbonyl (C=O) groups is 1. The van der Waals surface area contributed by atoms with Gasteiger partial charge in [0.25, 0.3) is 0 Å². The van der Waals surface area contributed by atoms with E-state index in [-0.39, 0.29) is 30.3 Å². The van der Waals surface area contributed by atoms with Gasteiger partial charge in [0, 0.05) is 10.9 Å². The number of carbonyl (C=O) groups excluding carboxylic acids is 1. The third-order valence-corrected chi connectivity index (χ3v) is 9.11. The summed E-state index contributed by atoms with van der Waals surface area (Å²) in [4.78, 5) is 27.0. The lowest BCUT2D eigenvalue weighted by Gasteiger charge is -2.41. The van der Waals surface area contributed by atoms with Crippen LogP contribution in [0.3, 0.4) is 0 Å². The summed E-state index contributed by atoms with van der Waals surface area (Å²) in [6, 6.07) is 7.08. The predicted molar refractivity (Wildman–Crippen MR) is 162 cm³/mol. The zero-order chi connectivity index (χ0) is 29.0. The Morgan fingerprint density at radius 2 is 2.10 bits per heavy atom. The molecule has 0 bridgehead atoms. The molecule has 2 aromatic rings. The van der Waals surface area contributed by atoms with E-state index in [0.717, 1.165) is 24.3 Å². The standard InChI is InChI=1S/C26H37ClN7O5PS/c1-16(2)37-25(35)26(10-5-11-26)32-40(39-19-8-6-18(27)7-9-19)36-13-20-12-17(3)24(38-20)34-15-30-21-22(31-33-41-4)28-14-29-23(21)34/h6-9,14,16-17,20,24,30,32-33H,5,10-13,15H2,1-4H3,(H,28,29,31). The number of nitrogens with one attached hydrogen (secondary N) is 4. The molecule has 3 heterocycles. The predicted octanol–water partition coefficient (Wildman–Crippen LogP) is 5.05. The third-order valence-electron chi connectivity index (χ3n) is 7.18. The van der Waals surface area contributed by atoms with Gasteiger partial charge < -0.3 is 28.7 Å². The molecule has 2 aliphatic heterocycles. The number of hydrogen-bond acceptors (Lipinski definition) is 13. The number of hydrogen-bond donors (Lipinski definition) is 4. The molecule has 224 valence electrons. The van der Waals surface area contributed by atoms with Crippen LogP contribution in [0.2, 0.25) is 5.02 Å². The lowest BCUT2D eigenvalue weighted by atomic mass is 9.78. The van der Waals surface area contributed by atoms with Gasteiger partial charge in [-0.2, -0.15) is 4.83 Å². The Labute approximate surface area is 251 Å². The van der Waals surface area contributed by atoms with Crippen LogP contribution in [0.5, 0.6) is 5.75 Å². The maximum Gasteiger partial charge on any atom is 0.327 e. The number of halogens is 1. The first-order valence-electron chi connectivity index (χ1n) is 13.7. The molecule has 4 atom stereocenters. The van der Waals surface area contributed by atoms with Crippen molar-refractivity contribution < 1.29 is 23.3 Å². The van der Waals surface area contributed by atoms with E-state index in [9.17, 15) is 4.79 Å². The van der Waals surface area contributed by atoms with Gasteiger partial charge in [0.15, 0.2) is 11.6 Å². The van der Waals surface area contributed by atoms with Gasteiger partial charge in [-0.1, -0.05) is 30.5 Å². The van der Waals surface area contributed by atoms with Gasteiger partial charge in [-0.05, 0) is 70.1 Å². The minimum Gasteiger partial charge on any atom is -0.462 e. The van der Waals surface area contributed by atoms with Crippen molar-refractivity contribution in [1.82, 2.24) is 19.9 Å². The van der Waals surface area contributed by atoms with E-state index in [1.807, 2.05) is 20.1 Å². The second kappa shape index (κ2) is 13.5. The third kappa shape index (κ3) is 7.10. The molecule has 4 N–H and O–H groups in total. The molecule has 1 saturated heterocycles. The van der Waals surface area contributed by atoms with Gasteiger partial charge >= 0.3 is 14.5 Å². The molecular formula is C26H37ClN7O5PS. The van der Waals surface area contributed by atoms with Crippen molar-refractivity contribution in [2.24, 2.45) is 5.92 Å². The zero-order valence-corrected chi connectivity index (χ0v) is 26.0. The quantitative estimate of drug-likeness (QED) is 0.103. The van der Waals surface area contributed by atoms with Crippen LogP contribution in [0, 0.1) is 5.92 Å². The van der Waals surface area contributed by atoms with Crippen LogP contribution in [0.15, 0.2) is 30.6 Å². The highest BCUT2D eigenvalue weighted by molar-refractivity contribution is 7.96. The summed E-state index contributed by atoms with van der Waals surface area (Å²) in [5.41, 5.74) is 3.08. The molecule has 3 aliphatic rings. The van der Waals surface area contributed by atoms with Crippen LogP contribution in [-0.2, 0) is 18.8 Å². The second-order valence-electron chi connectivity index (χ2n) is 10.6. The molecule has 1 aliphatic carbocycles. The SMILES string of the molecule is CSNNc1ncnc2c1NCN2C1OC(COP(NC2(C(=O)OC(C)C)CCC2)Oc2ccc(Cl)cc2)CC1C. The Morgan fingerprint density at radius 1 is 1.32 bits per heavy atom. The smallest absolute Gasteiger partial charge is 0.327 e. The van der Waals surface area contributed by atoms with Crippen molar-refractivity contribution in [1.29, 1.82) is 0 Å². The summed E-state index contributed by atoms with van der Waals surface area (Å²) in [6.45, 7) is 6.71. The van der Waals surface area contributed by atoms with Gasteiger partial charge in [-0.3, -0.25) is 10.2 Å². The highest BCUT2D eigenvalue weighted by Gasteiger charge is 2.49. The summed E-state index contributed by atoms with van der Waals surface area (Å²) in [5, 5.41) is 7.37. The summed E-state index contributed by atoms with van der Waals surface area (Å²) >= 11 is 7.51. The van der Waals surface area contributed by atoms with Crippen molar-refractivity contribution in [3.63, 3.8) is 0 Å². The Kier molecular flexibility index (Phi) is 9.96. The highest BCUT2D eigenvalue weighted by Crippen LogP contribution is 2.46. The Hall–Kier alpha value is -2.12. The van der Waals surface area contributed by atoms with Crippen LogP contribution in [0.25, 0.3) is 0 Å². The minimum atomic E-state index is -1.69. The molecule has 1 saturated carbocycles. The molecule has 1 aromatic carbocycles. The number of esters is 1. The average molecular weight is 626 g/mol. The van der Waals surface area contributed by atoms with Crippen molar-refractivity contribution in [2.75, 3.05) is 35.2 Å². The van der Waals surface area contributed by atoms with Crippen LogP contribution in [0.4, 0.5) is 17.3 Å². The molecule has 41 heavy (non-hydrogen) atoms. The molecule has 0 spiro atoms. The monoisotopic (exact) mass is 625 g/mol. The number of rotatable bonds is 13. The van der Waals surface area contributed by atoms with Crippen LogP contribution < -0.4 is 30.1 Å². The normalized spacial score (nSPS) is 23.5. The van der Waals surface area contributed by atoms with E-state index in [2.05, 4.69) is 42.5 Å². The summed E-state index contributed by atoms with van der Waals surface area (Å²) in [7, 11) is -1.69. The molecule has 5 rings (SSSR count). The van der Waals surface area contributed by atoms with E-state index in [1.54, 1.807) is 24.3 Å². The fourth-order valence-electron chi connectivity index (χ4n) is 5.02. The van der Waals surface area contributed by atoms with Gasteiger partial charge in [0.2, 0.25) is 0 Å². The van der Waals surface area contributed by atoms with Crippen LogP contribution in [-0.4, -0.2) is 59.4 Å².